The van der Waals surface area contributed by atoms with E-state index in [-0.39, 0.29) is 12.4 Å². The second kappa shape index (κ2) is 4.82. The van der Waals surface area contributed by atoms with Crippen LogP contribution in [-0.2, 0) is 19.9 Å². The molecule has 4 rings (SSSR count). The van der Waals surface area contributed by atoms with E-state index in [4.69, 9.17) is 14.2 Å². The van der Waals surface area contributed by atoms with E-state index in [0.717, 1.165) is 0 Å². The molecule has 0 radical (unpaired) electrons. The summed E-state index contributed by atoms with van der Waals surface area (Å²) in [6.07, 6.45) is 0. The van der Waals surface area contributed by atoms with Crippen molar-refractivity contribution in [1.29, 1.82) is 0 Å². The first-order valence-electron chi connectivity index (χ1n) is 7.04. The van der Waals surface area contributed by atoms with Crippen LogP contribution in [0.4, 0.5) is 0 Å². The van der Waals surface area contributed by atoms with Crippen molar-refractivity contribution in [3.05, 3.63) is 59.7 Å². The van der Waals surface area contributed by atoms with Gasteiger partial charge in [-0.15, -0.1) is 0 Å². The summed E-state index contributed by atoms with van der Waals surface area (Å²) >= 11 is 0. The lowest BCUT2D eigenvalue weighted by molar-refractivity contribution is -0.159. The molecule has 0 aromatic heterocycles. The molecule has 6 nitrogen and oxygen atoms in total. The maximum Gasteiger partial charge on any atom is 0.351 e. The summed E-state index contributed by atoms with van der Waals surface area (Å²) in [6.45, 7) is 0.0721. The van der Waals surface area contributed by atoms with Crippen LogP contribution >= 0.6 is 0 Å². The van der Waals surface area contributed by atoms with Crippen molar-refractivity contribution >= 4 is 11.9 Å². The highest BCUT2D eigenvalue weighted by atomic mass is 16.7. The third kappa shape index (κ3) is 1.92. The third-order valence-electron chi connectivity index (χ3n) is 4.10. The van der Waals surface area contributed by atoms with Crippen molar-refractivity contribution in [2.75, 3.05) is 6.79 Å². The molecule has 2 heterocycles. The Morgan fingerprint density at radius 2 is 1.74 bits per heavy atom. The predicted octanol–water partition coefficient (Wildman–Crippen LogP) is 1.47. The molecule has 2 aromatic rings. The van der Waals surface area contributed by atoms with Crippen LogP contribution in [0.2, 0.25) is 0 Å². The van der Waals surface area contributed by atoms with Gasteiger partial charge in [-0.05, 0) is 23.3 Å². The molecule has 23 heavy (non-hydrogen) atoms. The first kappa shape index (κ1) is 13.8. The number of hydrogen-bond donors (Lipinski definition) is 1. The van der Waals surface area contributed by atoms with E-state index in [9.17, 15) is 14.7 Å². The van der Waals surface area contributed by atoms with E-state index >= 15 is 0 Å². The summed E-state index contributed by atoms with van der Waals surface area (Å²) in [5, 5.41) is 11.1. The molecule has 2 unspecified atom stereocenters. The highest BCUT2D eigenvalue weighted by Crippen LogP contribution is 2.46. The highest BCUT2D eigenvalue weighted by Gasteiger charge is 2.59. The summed E-state index contributed by atoms with van der Waals surface area (Å²) in [6, 6.07) is 13.2. The number of rotatable bonds is 2. The molecule has 0 saturated carbocycles. The molecule has 2 atom stereocenters. The molecule has 0 bridgehead atoms. The van der Waals surface area contributed by atoms with Gasteiger partial charge in [0.15, 0.2) is 11.5 Å². The van der Waals surface area contributed by atoms with Crippen LogP contribution in [-0.4, -0.2) is 23.8 Å². The minimum Gasteiger partial charge on any atom is -0.454 e. The maximum atomic E-state index is 12.2. The van der Waals surface area contributed by atoms with Gasteiger partial charge in [0, 0.05) is 0 Å². The average Bonchev–Trinajstić information content (AvgIpc) is 3.11. The zero-order chi connectivity index (χ0) is 16.0. The lowest BCUT2D eigenvalue weighted by Crippen LogP contribution is -2.37. The molecule has 0 amide bonds. The molecule has 6 heteroatoms. The number of carbonyl (C=O) groups is 2. The highest BCUT2D eigenvalue weighted by molar-refractivity contribution is 6.04. The van der Waals surface area contributed by atoms with E-state index in [1.54, 1.807) is 36.4 Å². The standard InChI is InChI=1S/C17H12O6/c18-15-14(10-4-2-1-3-5-10)17(20,16(19)23-15)11-6-7-12-13(8-11)22-9-21-12/h1-8,14,20H,9H2. The molecular weight excluding hydrogens is 300 g/mol. The van der Waals surface area contributed by atoms with Crippen molar-refractivity contribution < 1.29 is 28.9 Å². The molecule has 0 spiro atoms. The molecular formula is C17H12O6. The second-order valence-electron chi connectivity index (χ2n) is 5.39. The van der Waals surface area contributed by atoms with E-state index < -0.39 is 23.5 Å². The molecule has 2 aromatic carbocycles. The largest absolute Gasteiger partial charge is 0.454 e. The van der Waals surface area contributed by atoms with Crippen molar-refractivity contribution in [2.24, 2.45) is 0 Å². The van der Waals surface area contributed by atoms with Gasteiger partial charge >= 0.3 is 11.9 Å². The fourth-order valence-electron chi connectivity index (χ4n) is 2.96. The lowest BCUT2D eigenvalue weighted by atomic mass is 9.79. The van der Waals surface area contributed by atoms with Crippen LogP contribution in [0.3, 0.4) is 0 Å². The van der Waals surface area contributed by atoms with E-state index in [0.29, 0.717) is 17.1 Å². The number of carbonyl (C=O) groups excluding carboxylic acids is 2. The van der Waals surface area contributed by atoms with Gasteiger partial charge in [-0.25, -0.2) is 4.79 Å². The van der Waals surface area contributed by atoms with Crippen LogP contribution in [0, 0.1) is 0 Å². The Hall–Kier alpha value is -2.86. The van der Waals surface area contributed by atoms with Crippen LogP contribution in [0.5, 0.6) is 11.5 Å². The molecule has 116 valence electrons. The van der Waals surface area contributed by atoms with E-state index in [2.05, 4.69) is 0 Å². The summed E-state index contributed by atoms with van der Waals surface area (Å²) < 4.78 is 15.2. The van der Waals surface area contributed by atoms with Gasteiger partial charge in [0.2, 0.25) is 12.4 Å². The summed E-state index contributed by atoms with van der Waals surface area (Å²) in [5.74, 6) is -1.96. The van der Waals surface area contributed by atoms with Crippen LogP contribution in [0.25, 0.3) is 0 Å². The fraction of sp³-hybridized carbons (Fsp3) is 0.176. The topological polar surface area (TPSA) is 82.1 Å². The van der Waals surface area contributed by atoms with Crippen molar-refractivity contribution in [3.8, 4) is 11.5 Å². The predicted molar refractivity (Wildman–Crippen MR) is 76.7 cm³/mol. The Balaban J connectivity index is 1.86. The monoisotopic (exact) mass is 312 g/mol. The van der Waals surface area contributed by atoms with Gasteiger partial charge in [0.25, 0.3) is 0 Å². The van der Waals surface area contributed by atoms with Crippen LogP contribution < -0.4 is 9.47 Å². The Labute approximate surface area is 131 Å². The number of fused-ring (bicyclic) bond motifs is 1. The van der Waals surface area contributed by atoms with E-state index in [1.807, 2.05) is 0 Å². The Bertz CT molecular complexity index is 800. The summed E-state index contributed by atoms with van der Waals surface area (Å²) in [5.41, 5.74) is -1.37. The molecule has 1 N–H and O–H groups in total. The zero-order valence-electron chi connectivity index (χ0n) is 11.9. The van der Waals surface area contributed by atoms with Gasteiger partial charge in [0.05, 0.1) is 0 Å². The molecule has 1 saturated heterocycles. The number of benzene rings is 2. The average molecular weight is 312 g/mol. The van der Waals surface area contributed by atoms with Gasteiger partial charge in [-0.2, -0.15) is 0 Å². The van der Waals surface area contributed by atoms with Crippen LogP contribution in [0.15, 0.2) is 48.5 Å². The summed E-state index contributed by atoms with van der Waals surface area (Å²) in [7, 11) is 0. The van der Waals surface area contributed by atoms with Crippen molar-refractivity contribution in [3.63, 3.8) is 0 Å². The number of hydrogen-bond acceptors (Lipinski definition) is 6. The quantitative estimate of drug-likeness (QED) is 0.668. The SMILES string of the molecule is O=C1OC(=O)C(O)(c2ccc3c(c2)OCO3)C1c1ccccc1. The van der Waals surface area contributed by atoms with Gasteiger partial charge in [-0.3, -0.25) is 4.79 Å². The first-order valence-corrected chi connectivity index (χ1v) is 7.04. The molecule has 2 aliphatic heterocycles. The third-order valence-corrected chi connectivity index (χ3v) is 4.10. The summed E-state index contributed by atoms with van der Waals surface area (Å²) in [4.78, 5) is 24.4. The van der Waals surface area contributed by atoms with Crippen LogP contribution in [0.1, 0.15) is 17.0 Å². The Morgan fingerprint density at radius 1 is 1.00 bits per heavy atom. The van der Waals surface area contributed by atoms with Crippen molar-refractivity contribution in [1.82, 2.24) is 0 Å². The maximum absolute atomic E-state index is 12.2. The molecule has 2 aliphatic rings. The number of ether oxygens (including phenoxy) is 3. The number of esters is 2. The van der Waals surface area contributed by atoms with Gasteiger partial charge < -0.3 is 19.3 Å². The molecule has 0 aliphatic carbocycles. The second-order valence-corrected chi connectivity index (χ2v) is 5.39. The minimum absolute atomic E-state index is 0.0721. The van der Waals surface area contributed by atoms with Gasteiger partial charge in [0.1, 0.15) is 5.92 Å². The Kier molecular flexibility index (Phi) is 2.89. The first-order chi connectivity index (χ1) is 11.1. The van der Waals surface area contributed by atoms with Gasteiger partial charge in [-0.1, -0.05) is 36.4 Å². The van der Waals surface area contributed by atoms with E-state index in [1.165, 1.54) is 12.1 Å². The number of aliphatic hydroxyl groups is 1. The number of cyclic esters (lactones) is 2. The minimum atomic E-state index is -2.10. The Morgan fingerprint density at radius 3 is 2.52 bits per heavy atom. The fourth-order valence-corrected chi connectivity index (χ4v) is 2.96. The van der Waals surface area contributed by atoms with Crippen molar-refractivity contribution in [2.45, 2.75) is 11.5 Å². The molecule has 1 fully saturated rings. The lowest BCUT2D eigenvalue weighted by Gasteiger charge is -2.24. The zero-order valence-corrected chi connectivity index (χ0v) is 11.9. The normalized spacial score (nSPS) is 25.5. The smallest absolute Gasteiger partial charge is 0.351 e.